The molecule has 13 heavy (non-hydrogen) atoms. The van der Waals surface area contributed by atoms with E-state index in [0.29, 0.717) is 11.7 Å². The minimum Gasteiger partial charge on any atom is -0.338 e. The van der Waals surface area contributed by atoms with Gasteiger partial charge in [0.05, 0.1) is 12.6 Å². The van der Waals surface area contributed by atoms with Crippen LogP contribution in [0.5, 0.6) is 0 Å². The summed E-state index contributed by atoms with van der Waals surface area (Å²) in [6.07, 6.45) is 0. The van der Waals surface area contributed by atoms with Crippen LogP contribution in [0.2, 0.25) is 0 Å². The van der Waals surface area contributed by atoms with Gasteiger partial charge in [-0.2, -0.15) is 4.98 Å². The van der Waals surface area contributed by atoms with Gasteiger partial charge in [-0.25, -0.2) is 0 Å². The van der Waals surface area contributed by atoms with Crippen LogP contribution < -0.4 is 11.5 Å². The quantitative estimate of drug-likeness (QED) is 0.756. The monoisotopic (exact) mass is 206 g/mol. The summed E-state index contributed by atoms with van der Waals surface area (Å²) in [7, 11) is 0. The third-order valence-electron chi connectivity index (χ3n) is 1.67. The fraction of sp³-hybridized carbons (Fsp3) is 0.714. The van der Waals surface area contributed by atoms with Crippen LogP contribution in [-0.4, -0.2) is 10.1 Å². The van der Waals surface area contributed by atoms with Crippen molar-refractivity contribution in [3.63, 3.8) is 0 Å². The molecule has 5 nitrogen and oxygen atoms in total. The fourth-order valence-electron chi connectivity index (χ4n) is 0.771. The zero-order valence-electron chi connectivity index (χ0n) is 7.73. The molecule has 0 bridgehead atoms. The summed E-state index contributed by atoms with van der Waals surface area (Å²) in [5, 5.41) is 3.65. The molecule has 0 aromatic carbocycles. The zero-order valence-corrected chi connectivity index (χ0v) is 8.54. The molecule has 0 amide bonds. The highest BCUT2D eigenvalue weighted by Gasteiger charge is 2.17. The van der Waals surface area contributed by atoms with Crippen LogP contribution in [0.15, 0.2) is 4.52 Å². The fourth-order valence-corrected chi connectivity index (χ4v) is 0.771. The van der Waals surface area contributed by atoms with E-state index < -0.39 is 0 Å². The predicted molar refractivity (Wildman–Crippen MR) is 51.2 cm³/mol. The normalized spacial score (nSPS) is 12.7. The van der Waals surface area contributed by atoms with E-state index in [1.807, 2.05) is 13.8 Å². The number of nitrogens with two attached hydrogens (primary N) is 2. The minimum atomic E-state index is -0.196. The molecule has 76 valence electrons. The summed E-state index contributed by atoms with van der Waals surface area (Å²) >= 11 is 0. The smallest absolute Gasteiger partial charge is 0.243 e. The van der Waals surface area contributed by atoms with Gasteiger partial charge in [0.1, 0.15) is 0 Å². The van der Waals surface area contributed by atoms with Crippen molar-refractivity contribution in [2.75, 3.05) is 0 Å². The Bertz CT molecular complexity index is 250. The first-order valence-electron chi connectivity index (χ1n) is 3.93. The molecule has 0 radical (unpaired) electrons. The van der Waals surface area contributed by atoms with Crippen molar-refractivity contribution < 1.29 is 4.52 Å². The first kappa shape index (κ1) is 12.3. The van der Waals surface area contributed by atoms with Gasteiger partial charge in [-0.3, -0.25) is 0 Å². The number of hydrogen-bond acceptors (Lipinski definition) is 5. The molecule has 0 saturated carbocycles. The summed E-state index contributed by atoms with van der Waals surface area (Å²) in [6.45, 7) is 4.28. The highest BCUT2D eigenvalue weighted by atomic mass is 35.5. The lowest BCUT2D eigenvalue weighted by molar-refractivity contribution is 0.322. The van der Waals surface area contributed by atoms with Crippen molar-refractivity contribution >= 4 is 12.4 Å². The van der Waals surface area contributed by atoms with Gasteiger partial charge in [0.2, 0.25) is 5.89 Å². The molecule has 0 fully saturated rings. The first-order valence-corrected chi connectivity index (χ1v) is 3.93. The SMILES string of the molecule is CC(C)C(N)c1nc(CN)no1.Cl. The van der Waals surface area contributed by atoms with Crippen molar-refractivity contribution in [2.24, 2.45) is 17.4 Å². The number of halogens is 1. The second-order valence-electron chi connectivity index (χ2n) is 3.02. The van der Waals surface area contributed by atoms with E-state index in [2.05, 4.69) is 10.1 Å². The first-order chi connectivity index (χ1) is 5.65. The van der Waals surface area contributed by atoms with Crippen LogP contribution in [0.25, 0.3) is 0 Å². The Balaban J connectivity index is 0.00000144. The average molecular weight is 207 g/mol. The van der Waals surface area contributed by atoms with Gasteiger partial charge in [-0.15, -0.1) is 12.4 Å². The Hall–Kier alpha value is -0.650. The van der Waals surface area contributed by atoms with Gasteiger partial charge in [0, 0.05) is 0 Å². The summed E-state index contributed by atoms with van der Waals surface area (Å²) in [5.41, 5.74) is 11.1. The highest BCUT2D eigenvalue weighted by molar-refractivity contribution is 5.85. The molecule has 1 aromatic heterocycles. The van der Waals surface area contributed by atoms with Gasteiger partial charge >= 0.3 is 0 Å². The number of hydrogen-bond donors (Lipinski definition) is 2. The Morgan fingerprint density at radius 3 is 2.46 bits per heavy atom. The van der Waals surface area contributed by atoms with E-state index in [1.54, 1.807) is 0 Å². The average Bonchev–Trinajstić information content (AvgIpc) is 2.50. The van der Waals surface area contributed by atoms with Gasteiger partial charge in [0.15, 0.2) is 5.82 Å². The van der Waals surface area contributed by atoms with E-state index in [4.69, 9.17) is 16.0 Å². The molecule has 0 aliphatic carbocycles. The van der Waals surface area contributed by atoms with Crippen LogP contribution >= 0.6 is 12.4 Å². The Labute approximate surface area is 83.3 Å². The third-order valence-corrected chi connectivity index (χ3v) is 1.67. The van der Waals surface area contributed by atoms with E-state index >= 15 is 0 Å². The number of aromatic nitrogens is 2. The molecule has 0 saturated heterocycles. The van der Waals surface area contributed by atoms with E-state index in [9.17, 15) is 0 Å². The maximum Gasteiger partial charge on any atom is 0.243 e. The second kappa shape index (κ2) is 5.16. The van der Waals surface area contributed by atoms with Gasteiger partial charge in [0.25, 0.3) is 0 Å². The number of rotatable bonds is 3. The van der Waals surface area contributed by atoms with Crippen molar-refractivity contribution in [1.29, 1.82) is 0 Å². The Morgan fingerprint density at radius 2 is 2.08 bits per heavy atom. The molecule has 1 aromatic rings. The third kappa shape index (κ3) is 2.95. The molecule has 0 aliphatic heterocycles. The maximum atomic E-state index is 5.77. The lowest BCUT2D eigenvalue weighted by Gasteiger charge is -2.08. The second-order valence-corrected chi connectivity index (χ2v) is 3.02. The number of nitrogens with zero attached hydrogens (tertiary/aromatic N) is 2. The van der Waals surface area contributed by atoms with Crippen LogP contribution in [0, 0.1) is 5.92 Å². The van der Waals surface area contributed by atoms with Crippen LogP contribution in [-0.2, 0) is 6.54 Å². The van der Waals surface area contributed by atoms with Gasteiger partial charge in [-0.1, -0.05) is 19.0 Å². The largest absolute Gasteiger partial charge is 0.338 e. The topological polar surface area (TPSA) is 91.0 Å². The summed E-state index contributed by atoms with van der Waals surface area (Å²) in [6, 6.07) is -0.196. The van der Waals surface area contributed by atoms with Gasteiger partial charge in [-0.05, 0) is 5.92 Å². The van der Waals surface area contributed by atoms with Crippen LogP contribution in [0.1, 0.15) is 31.6 Å². The van der Waals surface area contributed by atoms with Crippen molar-refractivity contribution in [1.82, 2.24) is 10.1 Å². The van der Waals surface area contributed by atoms with Crippen molar-refractivity contribution in [3.05, 3.63) is 11.7 Å². The van der Waals surface area contributed by atoms with Crippen molar-refractivity contribution in [2.45, 2.75) is 26.4 Å². The molecule has 1 rings (SSSR count). The molecule has 0 spiro atoms. The molecule has 1 heterocycles. The zero-order chi connectivity index (χ0) is 9.14. The van der Waals surface area contributed by atoms with Crippen molar-refractivity contribution in [3.8, 4) is 0 Å². The Kier molecular flexibility index (Phi) is 4.90. The molecule has 4 N–H and O–H groups in total. The minimum absolute atomic E-state index is 0. The molecule has 6 heteroatoms. The van der Waals surface area contributed by atoms with Crippen LogP contribution in [0.4, 0.5) is 0 Å². The predicted octanol–water partition coefficient (Wildman–Crippen LogP) is 0.606. The lowest BCUT2D eigenvalue weighted by atomic mass is 10.1. The molecular formula is C7H15ClN4O. The standard InChI is InChI=1S/C7H14N4O.ClH/c1-4(2)6(9)7-10-5(3-8)11-12-7;/h4,6H,3,8-9H2,1-2H3;1H. The van der Waals surface area contributed by atoms with Gasteiger partial charge < -0.3 is 16.0 Å². The maximum absolute atomic E-state index is 5.77. The summed E-state index contributed by atoms with van der Waals surface area (Å²) in [4.78, 5) is 4.02. The highest BCUT2D eigenvalue weighted by Crippen LogP contribution is 2.15. The molecular weight excluding hydrogens is 192 g/mol. The molecule has 1 atom stereocenters. The van der Waals surface area contributed by atoms with E-state index in [-0.39, 0.29) is 30.9 Å². The molecule has 1 unspecified atom stereocenters. The summed E-state index contributed by atoms with van der Waals surface area (Å²) in [5.74, 6) is 1.25. The summed E-state index contributed by atoms with van der Waals surface area (Å²) < 4.78 is 4.91. The van der Waals surface area contributed by atoms with E-state index in [1.165, 1.54) is 0 Å². The van der Waals surface area contributed by atoms with E-state index in [0.717, 1.165) is 0 Å². The lowest BCUT2D eigenvalue weighted by Crippen LogP contribution is -2.17. The molecule has 0 aliphatic rings. The van der Waals surface area contributed by atoms with Crippen LogP contribution in [0.3, 0.4) is 0 Å². The Morgan fingerprint density at radius 1 is 1.46 bits per heavy atom.